The van der Waals surface area contributed by atoms with E-state index in [0.29, 0.717) is 17.3 Å². The molecule has 1 aliphatic heterocycles. The molecule has 1 fully saturated rings. The average molecular weight is 252 g/mol. The van der Waals surface area contributed by atoms with Crippen LogP contribution in [0.2, 0.25) is 0 Å². The Kier molecular flexibility index (Phi) is 4.19. The van der Waals surface area contributed by atoms with Crippen molar-refractivity contribution in [3.05, 3.63) is 29.6 Å². The zero-order valence-electron chi connectivity index (χ0n) is 11.1. The second kappa shape index (κ2) is 5.67. The van der Waals surface area contributed by atoms with Crippen LogP contribution in [0.25, 0.3) is 0 Å². The standard InChI is InChI=1S/C14H21FN2O/c1-16(2)12-6-8-17(9-7-12)14-11(10-18)4-3-5-13(14)15/h3-5,12,18H,6-10H2,1-2H3. The zero-order chi connectivity index (χ0) is 13.1. The summed E-state index contributed by atoms with van der Waals surface area (Å²) in [6.45, 7) is 1.58. The molecule has 0 amide bonds. The van der Waals surface area contributed by atoms with Crippen LogP contribution in [0.5, 0.6) is 0 Å². The molecule has 1 N–H and O–H groups in total. The normalized spacial score (nSPS) is 17.5. The first-order chi connectivity index (χ1) is 8.63. The summed E-state index contributed by atoms with van der Waals surface area (Å²) in [5, 5.41) is 9.31. The number of piperidine rings is 1. The van der Waals surface area contributed by atoms with E-state index in [0.717, 1.165) is 25.9 Å². The van der Waals surface area contributed by atoms with Crippen LogP contribution in [0, 0.1) is 5.82 Å². The molecule has 18 heavy (non-hydrogen) atoms. The lowest BCUT2D eigenvalue weighted by molar-refractivity contribution is 0.248. The van der Waals surface area contributed by atoms with Crippen LogP contribution in [0.15, 0.2) is 18.2 Å². The van der Waals surface area contributed by atoms with Crippen molar-refractivity contribution in [1.82, 2.24) is 4.90 Å². The third-order valence-corrected chi connectivity index (χ3v) is 3.75. The van der Waals surface area contributed by atoms with Crippen molar-refractivity contribution in [1.29, 1.82) is 0 Å². The predicted molar refractivity (Wildman–Crippen MR) is 71.2 cm³/mol. The molecule has 4 heteroatoms. The summed E-state index contributed by atoms with van der Waals surface area (Å²) in [5.41, 5.74) is 1.26. The highest BCUT2D eigenvalue weighted by Gasteiger charge is 2.23. The van der Waals surface area contributed by atoms with Crippen molar-refractivity contribution in [2.45, 2.75) is 25.5 Å². The van der Waals surface area contributed by atoms with Gasteiger partial charge in [0.15, 0.2) is 0 Å². The fraction of sp³-hybridized carbons (Fsp3) is 0.571. The van der Waals surface area contributed by atoms with Crippen LogP contribution in [-0.2, 0) is 6.61 Å². The minimum absolute atomic E-state index is 0.110. The third kappa shape index (κ3) is 2.65. The van der Waals surface area contributed by atoms with Crippen molar-refractivity contribution in [2.24, 2.45) is 0 Å². The van der Waals surface area contributed by atoms with Crippen LogP contribution >= 0.6 is 0 Å². The van der Waals surface area contributed by atoms with Crippen LogP contribution in [-0.4, -0.2) is 43.2 Å². The van der Waals surface area contributed by atoms with Gasteiger partial charge in [0.2, 0.25) is 0 Å². The van der Waals surface area contributed by atoms with Gasteiger partial charge in [0.25, 0.3) is 0 Å². The quantitative estimate of drug-likeness (QED) is 0.889. The predicted octanol–water partition coefficient (Wildman–Crippen LogP) is 1.85. The topological polar surface area (TPSA) is 26.7 Å². The molecule has 0 radical (unpaired) electrons. The maximum atomic E-state index is 13.9. The monoisotopic (exact) mass is 252 g/mol. The Morgan fingerprint density at radius 3 is 2.56 bits per heavy atom. The fourth-order valence-electron chi connectivity index (χ4n) is 2.65. The first-order valence-corrected chi connectivity index (χ1v) is 6.43. The second-order valence-corrected chi connectivity index (χ2v) is 5.09. The third-order valence-electron chi connectivity index (χ3n) is 3.75. The number of rotatable bonds is 3. The van der Waals surface area contributed by atoms with E-state index in [9.17, 15) is 9.50 Å². The number of hydrogen-bond acceptors (Lipinski definition) is 3. The minimum Gasteiger partial charge on any atom is -0.392 e. The van der Waals surface area contributed by atoms with Gasteiger partial charge in [-0.2, -0.15) is 0 Å². The number of para-hydroxylation sites is 1. The van der Waals surface area contributed by atoms with Gasteiger partial charge in [-0.1, -0.05) is 12.1 Å². The Hall–Kier alpha value is -1.13. The molecular weight excluding hydrogens is 231 g/mol. The first-order valence-electron chi connectivity index (χ1n) is 6.43. The number of benzene rings is 1. The van der Waals surface area contributed by atoms with Gasteiger partial charge in [0.05, 0.1) is 12.3 Å². The van der Waals surface area contributed by atoms with Crippen molar-refractivity contribution < 1.29 is 9.50 Å². The summed E-state index contributed by atoms with van der Waals surface area (Å²) in [6, 6.07) is 5.48. The van der Waals surface area contributed by atoms with E-state index in [4.69, 9.17) is 0 Å². The number of hydrogen-bond donors (Lipinski definition) is 1. The lowest BCUT2D eigenvalue weighted by Crippen LogP contribution is -2.42. The van der Waals surface area contributed by atoms with Gasteiger partial charge in [-0.25, -0.2) is 4.39 Å². The Labute approximate surface area is 108 Å². The van der Waals surface area contributed by atoms with E-state index < -0.39 is 0 Å². The van der Waals surface area contributed by atoms with E-state index >= 15 is 0 Å². The number of aliphatic hydroxyl groups is 1. The second-order valence-electron chi connectivity index (χ2n) is 5.09. The molecule has 1 aromatic rings. The van der Waals surface area contributed by atoms with Gasteiger partial charge >= 0.3 is 0 Å². The molecule has 0 atom stereocenters. The van der Waals surface area contributed by atoms with Crippen molar-refractivity contribution in [3.8, 4) is 0 Å². The van der Waals surface area contributed by atoms with E-state index in [-0.39, 0.29) is 12.4 Å². The Bertz CT molecular complexity index is 401. The summed E-state index contributed by atoms with van der Waals surface area (Å²) in [5.74, 6) is -0.232. The fourth-order valence-corrected chi connectivity index (χ4v) is 2.65. The highest BCUT2D eigenvalue weighted by atomic mass is 19.1. The highest BCUT2D eigenvalue weighted by molar-refractivity contribution is 5.55. The molecule has 1 aliphatic rings. The number of anilines is 1. The molecule has 1 saturated heterocycles. The minimum atomic E-state index is -0.232. The molecule has 0 saturated carbocycles. The molecule has 1 aromatic carbocycles. The molecule has 1 heterocycles. The number of nitrogens with zero attached hydrogens (tertiary/aromatic N) is 2. The summed E-state index contributed by atoms with van der Waals surface area (Å²) < 4.78 is 13.9. The molecule has 2 rings (SSSR count). The van der Waals surface area contributed by atoms with Crippen LogP contribution in [0.1, 0.15) is 18.4 Å². The molecular formula is C14H21FN2O. The summed E-state index contributed by atoms with van der Waals surface area (Å²) in [7, 11) is 4.17. The van der Waals surface area contributed by atoms with Crippen LogP contribution in [0.4, 0.5) is 10.1 Å². The molecule has 0 unspecified atom stereocenters. The van der Waals surface area contributed by atoms with Gasteiger partial charge in [-0.05, 0) is 33.0 Å². The molecule has 0 aromatic heterocycles. The van der Waals surface area contributed by atoms with Crippen LogP contribution < -0.4 is 4.90 Å². The SMILES string of the molecule is CN(C)C1CCN(c2c(F)cccc2CO)CC1. The molecule has 0 aliphatic carbocycles. The van der Waals surface area contributed by atoms with E-state index in [1.54, 1.807) is 12.1 Å². The Morgan fingerprint density at radius 1 is 1.33 bits per heavy atom. The van der Waals surface area contributed by atoms with Gasteiger partial charge in [0.1, 0.15) is 5.82 Å². The van der Waals surface area contributed by atoms with Gasteiger partial charge in [-0.15, -0.1) is 0 Å². The van der Waals surface area contributed by atoms with E-state index in [1.165, 1.54) is 6.07 Å². The smallest absolute Gasteiger partial charge is 0.146 e. The molecule has 3 nitrogen and oxygen atoms in total. The van der Waals surface area contributed by atoms with Crippen molar-refractivity contribution in [3.63, 3.8) is 0 Å². The zero-order valence-corrected chi connectivity index (χ0v) is 11.1. The number of halogens is 1. The highest BCUT2D eigenvalue weighted by Crippen LogP contribution is 2.28. The van der Waals surface area contributed by atoms with Crippen molar-refractivity contribution >= 4 is 5.69 Å². The number of aliphatic hydroxyl groups excluding tert-OH is 1. The van der Waals surface area contributed by atoms with Gasteiger partial charge in [-0.3, -0.25) is 0 Å². The largest absolute Gasteiger partial charge is 0.392 e. The van der Waals surface area contributed by atoms with Gasteiger partial charge in [0, 0.05) is 24.7 Å². The van der Waals surface area contributed by atoms with Gasteiger partial charge < -0.3 is 14.9 Å². The Balaban J connectivity index is 2.14. The maximum Gasteiger partial charge on any atom is 0.146 e. The molecule has 0 spiro atoms. The summed E-state index contributed by atoms with van der Waals surface area (Å²) >= 11 is 0. The Morgan fingerprint density at radius 2 is 2.00 bits per heavy atom. The van der Waals surface area contributed by atoms with Crippen molar-refractivity contribution in [2.75, 3.05) is 32.1 Å². The summed E-state index contributed by atoms with van der Waals surface area (Å²) in [6.07, 6.45) is 2.07. The van der Waals surface area contributed by atoms with Crippen LogP contribution in [0.3, 0.4) is 0 Å². The lowest BCUT2D eigenvalue weighted by Gasteiger charge is -2.37. The molecule has 100 valence electrons. The first kappa shape index (κ1) is 13.3. The lowest BCUT2D eigenvalue weighted by atomic mass is 10.0. The average Bonchev–Trinajstić information content (AvgIpc) is 2.38. The summed E-state index contributed by atoms with van der Waals surface area (Å²) in [4.78, 5) is 4.28. The van der Waals surface area contributed by atoms with E-state index in [2.05, 4.69) is 23.9 Å². The molecule has 0 bridgehead atoms. The maximum absolute atomic E-state index is 13.9. The van der Waals surface area contributed by atoms with E-state index in [1.807, 2.05) is 0 Å².